The zero-order valence-electron chi connectivity index (χ0n) is 19.7. The topological polar surface area (TPSA) is 82.8 Å². The van der Waals surface area contributed by atoms with Crippen molar-refractivity contribution in [2.24, 2.45) is 5.10 Å². The van der Waals surface area contributed by atoms with Crippen LogP contribution in [0.2, 0.25) is 0 Å². The second-order valence-electron chi connectivity index (χ2n) is 7.99. The second kappa shape index (κ2) is 10.6. The number of benzene rings is 4. The number of methoxy groups -OCH3 is 1. The molecule has 0 aliphatic carbocycles. The van der Waals surface area contributed by atoms with E-state index in [0.29, 0.717) is 33.6 Å². The summed E-state index contributed by atoms with van der Waals surface area (Å²) in [6.45, 7) is 0. The lowest BCUT2D eigenvalue weighted by Gasteiger charge is -2.11. The molecule has 0 amide bonds. The third-order valence-corrected chi connectivity index (χ3v) is 6.11. The van der Waals surface area contributed by atoms with E-state index in [-0.39, 0.29) is 11.3 Å². The van der Waals surface area contributed by atoms with Crippen LogP contribution in [0.5, 0.6) is 11.5 Å². The molecule has 182 valence electrons. The van der Waals surface area contributed by atoms with Gasteiger partial charge in [0, 0.05) is 10.0 Å². The Labute approximate surface area is 220 Å². The van der Waals surface area contributed by atoms with E-state index < -0.39 is 5.97 Å². The number of fused-ring (bicyclic) bond motifs is 1. The molecule has 0 fully saturated rings. The highest BCUT2D eigenvalue weighted by atomic mass is 79.9. The maximum Gasteiger partial charge on any atom is 0.343 e. The summed E-state index contributed by atoms with van der Waals surface area (Å²) >= 11 is 3.44. The number of nitrogens with zero attached hydrogens (tertiary/aromatic N) is 3. The summed E-state index contributed by atoms with van der Waals surface area (Å²) in [5.74, 6) is 0.542. The van der Waals surface area contributed by atoms with E-state index in [1.165, 1.54) is 18.0 Å². The Hall–Kier alpha value is -4.56. The molecule has 0 unspecified atom stereocenters. The van der Waals surface area contributed by atoms with Crippen LogP contribution in [0.4, 0.5) is 0 Å². The Kier molecular flexibility index (Phi) is 6.91. The fourth-order valence-electron chi connectivity index (χ4n) is 3.72. The zero-order valence-corrected chi connectivity index (χ0v) is 21.3. The number of hydrogen-bond donors (Lipinski definition) is 0. The summed E-state index contributed by atoms with van der Waals surface area (Å²) in [6.07, 6.45) is 1.53. The van der Waals surface area contributed by atoms with Crippen LogP contribution in [-0.2, 0) is 0 Å². The first-order chi connectivity index (χ1) is 18.0. The van der Waals surface area contributed by atoms with Gasteiger partial charge in [-0.15, -0.1) is 0 Å². The molecule has 0 N–H and O–H groups in total. The van der Waals surface area contributed by atoms with Gasteiger partial charge in [0.1, 0.15) is 0 Å². The Bertz CT molecular complexity index is 1680. The number of halogens is 1. The lowest BCUT2D eigenvalue weighted by Crippen LogP contribution is -2.20. The van der Waals surface area contributed by atoms with Crippen LogP contribution in [-0.4, -0.2) is 29.0 Å². The highest BCUT2D eigenvalue weighted by Gasteiger charge is 2.14. The van der Waals surface area contributed by atoms with E-state index in [1.54, 1.807) is 60.7 Å². The standard InChI is InChI=1S/C29H20BrN3O4/c1-36-26-17-19(11-16-25(26)37-29(35)21-7-3-2-4-8-21)18-31-33-27(20-12-14-22(30)15-13-20)32-24-10-6-5-9-23(24)28(33)34/h2-18H,1H3. The molecule has 0 aliphatic heterocycles. The predicted molar refractivity (Wildman–Crippen MR) is 147 cm³/mol. The number of para-hydroxylation sites is 1. The van der Waals surface area contributed by atoms with E-state index in [0.717, 1.165) is 10.0 Å². The third kappa shape index (κ3) is 5.19. The Morgan fingerprint density at radius 1 is 0.919 bits per heavy atom. The summed E-state index contributed by atoms with van der Waals surface area (Å²) in [5.41, 5.74) is 2.10. The number of esters is 1. The summed E-state index contributed by atoms with van der Waals surface area (Å²) < 4.78 is 13.1. The minimum atomic E-state index is -0.492. The van der Waals surface area contributed by atoms with Crippen molar-refractivity contribution in [2.75, 3.05) is 7.11 Å². The van der Waals surface area contributed by atoms with Crippen molar-refractivity contribution >= 4 is 39.0 Å². The number of aromatic nitrogens is 2. The Balaban J connectivity index is 1.51. The molecule has 1 heterocycles. The SMILES string of the molecule is COc1cc(C=Nn2c(-c3ccc(Br)cc3)nc3ccccc3c2=O)ccc1OC(=O)c1ccccc1. The Morgan fingerprint density at radius 3 is 2.41 bits per heavy atom. The van der Waals surface area contributed by atoms with Crippen molar-refractivity contribution in [3.63, 3.8) is 0 Å². The van der Waals surface area contributed by atoms with Crippen LogP contribution in [0, 0.1) is 0 Å². The first kappa shape index (κ1) is 24.1. The highest BCUT2D eigenvalue weighted by Crippen LogP contribution is 2.28. The average molecular weight is 554 g/mol. The van der Waals surface area contributed by atoms with Crippen LogP contribution in [0.1, 0.15) is 15.9 Å². The molecular weight excluding hydrogens is 534 g/mol. The largest absolute Gasteiger partial charge is 0.493 e. The number of hydrogen-bond acceptors (Lipinski definition) is 6. The number of rotatable bonds is 6. The molecule has 1 aromatic heterocycles. The zero-order chi connectivity index (χ0) is 25.8. The van der Waals surface area contributed by atoms with Crippen LogP contribution in [0.3, 0.4) is 0 Å². The van der Waals surface area contributed by atoms with Gasteiger partial charge in [0.15, 0.2) is 17.3 Å². The van der Waals surface area contributed by atoms with Gasteiger partial charge < -0.3 is 9.47 Å². The quantitative estimate of drug-likeness (QED) is 0.148. The molecule has 0 atom stereocenters. The first-order valence-corrected chi connectivity index (χ1v) is 12.1. The van der Waals surface area contributed by atoms with Crippen molar-refractivity contribution in [3.05, 3.63) is 123 Å². The predicted octanol–water partition coefficient (Wildman–Crippen LogP) is 5.94. The molecule has 0 bridgehead atoms. The van der Waals surface area contributed by atoms with Crippen LogP contribution < -0.4 is 15.0 Å². The van der Waals surface area contributed by atoms with Gasteiger partial charge in [-0.25, -0.2) is 9.78 Å². The molecule has 37 heavy (non-hydrogen) atoms. The minimum absolute atomic E-state index is 0.272. The van der Waals surface area contributed by atoms with Crippen molar-refractivity contribution in [2.45, 2.75) is 0 Å². The summed E-state index contributed by atoms with van der Waals surface area (Å²) in [5, 5.41) is 4.94. The lowest BCUT2D eigenvalue weighted by molar-refractivity contribution is 0.0729. The lowest BCUT2D eigenvalue weighted by atomic mass is 10.2. The smallest absolute Gasteiger partial charge is 0.343 e. The van der Waals surface area contributed by atoms with E-state index in [4.69, 9.17) is 14.5 Å². The monoisotopic (exact) mass is 553 g/mol. The molecule has 5 aromatic rings. The third-order valence-electron chi connectivity index (χ3n) is 5.58. The molecule has 0 saturated carbocycles. The van der Waals surface area contributed by atoms with Gasteiger partial charge in [0.25, 0.3) is 5.56 Å². The fourth-order valence-corrected chi connectivity index (χ4v) is 3.99. The fraction of sp³-hybridized carbons (Fsp3) is 0.0345. The number of carbonyl (C=O) groups is 1. The maximum atomic E-state index is 13.4. The molecule has 7 nitrogen and oxygen atoms in total. The van der Waals surface area contributed by atoms with Gasteiger partial charge in [-0.2, -0.15) is 9.78 Å². The average Bonchev–Trinajstić information content (AvgIpc) is 2.94. The van der Waals surface area contributed by atoms with Gasteiger partial charge >= 0.3 is 5.97 Å². The molecular formula is C29H20BrN3O4. The summed E-state index contributed by atoms with van der Waals surface area (Å²) in [7, 11) is 1.49. The molecule has 0 radical (unpaired) electrons. The van der Waals surface area contributed by atoms with Crippen LogP contribution in [0.25, 0.3) is 22.3 Å². The number of carbonyl (C=O) groups excluding carboxylic acids is 1. The molecule has 0 spiro atoms. The minimum Gasteiger partial charge on any atom is -0.493 e. The summed E-state index contributed by atoms with van der Waals surface area (Å²) in [4.78, 5) is 30.5. The second-order valence-corrected chi connectivity index (χ2v) is 8.90. The van der Waals surface area contributed by atoms with Gasteiger partial charge in [-0.3, -0.25) is 4.79 Å². The molecule has 8 heteroatoms. The van der Waals surface area contributed by atoms with Crippen molar-refractivity contribution in [3.8, 4) is 22.9 Å². The van der Waals surface area contributed by atoms with Gasteiger partial charge in [-0.1, -0.05) is 58.4 Å². The van der Waals surface area contributed by atoms with Gasteiger partial charge in [0.05, 0.1) is 29.8 Å². The van der Waals surface area contributed by atoms with E-state index in [1.807, 2.05) is 36.4 Å². The van der Waals surface area contributed by atoms with E-state index >= 15 is 0 Å². The Morgan fingerprint density at radius 2 is 1.65 bits per heavy atom. The molecule has 5 rings (SSSR count). The van der Waals surface area contributed by atoms with Crippen LogP contribution >= 0.6 is 15.9 Å². The normalized spacial score (nSPS) is 11.1. The van der Waals surface area contributed by atoms with E-state index in [2.05, 4.69) is 21.0 Å². The molecule has 4 aromatic carbocycles. The highest BCUT2D eigenvalue weighted by molar-refractivity contribution is 9.10. The van der Waals surface area contributed by atoms with Crippen molar-refractivity contribution in [1.82, 2.24) is 9.66 Å². The van der Waals surface area contributed by atoms with Gasteiger partial charge in [0.2, 0.25) is 0 Å². The molecule has 0 saturated heterocycles. The first-order valence-electron chi connectivity index (χ1n) is 11.3. The van der Waals surface area contributed by atoms with Gasteiger partial charge in [-0.05, 0) is 60.2 Å². The molecule has 0 aliphatic rings. The van der Waals surface area contributed by atoms with Crippen molar-refractivity contribution < 1.29 is 14.3 Å². The van der Waals surface area contributed by atoms with Crippen LogP contribution in [0.15, 0.2) is 111 Å². The summed E-state index contributed by atoms with van der Waals surface area (Å²) in [6, 6.07) is 28.4. The number of ether oxygens (including phenoxy) is 2. The van der Waals surface area contributed by atoms with Crippen molar-refractivity contribution in [1.29, 1.82) is 0 Å². The maximum absolute atomic E-state index is 13.4. The van der Waals surface area contributed by atoms with E-state index in [9.17, 15) is 9.59 Å².